The van der Waals surface area contributed by atoms with E-state index >= 15 is 0 Å². The van der Waals surface area contributed by atoms with Crippen LogP contribution in [0.1, 0.15) is 107 Å². The van der Waals surface area contributed by atoms with E-state index in [-0.39, 0.29) is 19.4 Å². The first-order chi connectivity index (χ1) is 13.5. The molecular weight excluding hydrogens is 364 g/mol. The van der Waals surface area contributed by atoms with Gasteiger partial charge in [-0.2, -0.15) is 0 Å². The minimum Gasteiger partial charge on any atom is -0.462 e. The SMILES string of the molecule is C.CCCCC(CC)COC(=O)c1ccc(C(=O)OCC(CC)CCCC)cc1. The third kappa shape index (κ3) is 10.5. The molecular formula is C25H42O4. The summed E-state index contributed by atoms with van der Waals surface area (Å²) in [4.78, 5) is 24.5. The summed E-state index contributed by atoms with van der Waals surface area (Å²) < 4.78 is 10.9. The first-order valence-electron chi connectivity index (χ1n) is 11.0. The molecule has 0 aliphatic rings. The Balaban J connectivity index is 0.00000784. The molecule has 1 aromatic rings. The lowest BCUT2D eigenvalue weighted by molar-refractivity contribution is 0.0414. The molecule has 0 N–H and O–H groups in total. The van der Waals surface area contributed by atoms with Crippen LogP contribution in [0.15, 0.2) is 24.3 Å². The lowest BCUT2D eigenvalue weighted by Gasteiger charge is -2.15. The fourth-order valence-electron chi connectivity index (χ4n) is 3.09. The molecule has 0 aliphatic carbocycles. The number of hydrogen-bond acceptors (Lipinski definition) is 4. The van der Waals surface area contributed by atoms with E-state index in [9.17, 15) is 9.59 Å². The van der Waals surface area contributed by atoms with Crippen LogP contribution in [0.25, 0.3) is 0 Å². The summed E-state index contributed by atoms with van der Waals surface area (Å²) in [5.41, 5.74) is 0.938. The van der Waals surface area contributed by atoms with Crippen LogP contribution in [-0.4, -0.2) is 25.2 Å². The molecule has 29 heavy (non-hydrogen) atoms. The van der Waals surface area contributed by atoms with E-state index in [1.807, 2.05) is 0 Å². The van der Waals surface area contributed by atoms with Crippen molar-refractivity contribution >= 4 is 11.9 Å². The van der Waals surface area contributed by atoms with Gasteiger partial charge in [0.15, 0.2) is 0 Å². The zero-order valence-corrected chi connectivity index (χ0v) is 18.2. The number of benzene rings is 1. The van der Waals surface area contributed by atoms with E-state index in [1.165, 1.54) is 0 Å². The molecule has 0 radical (unpaired) electrons. The highest BCUT2D eigenvalue weighted by molar-refractivity contribution is 5.93. The molecule has 0 saturated heterocycles. The summed E-state index contributed by atoms with van der Waals surface area (Å²) in [5.74, 6) is 0.163. The van der Waals surface area contributed by atoms with E-state index in [0.717, 1.165) is 51.4 Å². The molecule has 2 atom stereocenters. The summed E-state index contributed by atoms with van der Waals surface area (Å²) >= 11 is 0. The molecule has 4 nitrogen and oxygen atoms in total. The lowest BCUT2D eigenvalue weighted by atomic mass is 10.0. The smallest absolute Gasteiger partial charge is 0.338 e. The van der Waals surface area contributed by atoms with Crippen molar-refractivity contribution in [3.8, 4) is 0 Å². The average molecular weight is 407 g/mol. The van der Waals surface area contributed by atoms with Crippen molar-refractivity contribution in [3.63, 3.8) is 0 Å². The summed E-state index contributed by atoms with van der Waals surface area (Å²) in [7, 11) is 0. The third-order valence-electron chi connectivity index (χ3n) is 5.34. The van der Waals surface area contributed by atoms with Crippen molar-refractivity contribution in [2.75, 3.05) is 13.2 Å². The van der Waals surface area contributed by atoms with Crippen LogP contribution in [0.3, 0.4) is 0 Å². The van der Waals surface area contributed by atoms with Gasteiger partial charge in [-0.25, -0.2) is 9.59 Å². The van der Waals surface area contributed by atoms with Gasteiger partial charge in [-0.1, -0.05) is 73.6 Å². The molecule has 0 saturated carbocycles. The minimum atomic E-state index is -0.333. The quantitative estimate of drug-likeness (QED) is 0.310. The molecule has 0 bridgehead atoms. The van der Waals surface area contributed by atoms with Gasteiger partial charge < -0.3 is 9.47 Å². The number of carbonyl (C=O) groups is 2. The monoisotopic (exact) mass is 406 g/mol. The molecule has 2 unspecified atom stereocenters. The number of hydrogen-bond donors (Lipinski definition) is 0. The van der Waals surface area contributed by atoms with Crippen LogP contribution < -0.4 is 0 Å². The van der Waals surface area contributed by atoms with Gasteiger partial charge in [-0.05, 0) is 48.9 Å². The zero-order valence-electron chi connectivity index (χ0n) is 18.2. The Morgan fingerprint density at radius 3 is 1.34 bits per heavy atom. The van der Waals surface area contributed by atoms with Gasteiger partial charge in [0.05, 0.1) is 24.3 Å². The average Bonchev–Trinajstić information content (AvgIpc) is 2.73. The molecule has 1 rings (SSSR count). The van der Waals surface area contributed by atoms with Gasteiger partial charge in [0.2, 0.25) is 0 Å². The maximum Gasteiger partial charge on any atom is 0.338 e. The second-order valence-electron chi connectivity index (χ2n) is 7.61. The number of esters is 2. The molecule has 166 valence electrons. The number of unbranched alkanes of at least 4 members (excludes halogenated alkanes) is 2. The van der Waals surface area contributed by atoms with E-state index in [1.54, 1.807) is 24.3 Å². The Kier molecular flexibility index (Phi) is 15.0. The van der Waals surface area contributed by atoms with Gasteiger partial charge in [0.25, 0.3) is 0 Å². The highest BCUT2D eigenvalue weighted by Crippen LogP contribution is 2.16. The summed E-state index contributed by atoms with van der Waals surface area (Å²) in [6.07, 6.45) is 8.81. The first kappa shape index (κ1) is 27.2. The molecule has 0 spiro atoms. The maximum absolute atomic E-state index is 12.2. The Morgan fingerprint density at radius 1 is 0.724 bits per heavy atom. The van der Waals surface area contributed by atoms with Gasteiger partial charge in [0, 0.05) is 0 Å². The Morgan fingerprint density at radius 2 is 1.07 bits per heavy atom. The van der Waals surface area contributed by atoms with E-state index in [0.29, 0.717) is 36.2 Å². The third-order valence-corrected chi connectivity index (χ3v) is 5.34. The topological polar surface area (TPSA) is 52.6 Å². The van der Waals surface area contributed by atoms with Crippen LogP contribution in [0.4, 0.5) is 0 Å². The van der Waals surface area contributed by atoms with Crippen LogP contribution in [0.5, 0.6) is 0 Å². The van der Waals surface area contributed by atoms with Crippen LogP contribution in [0, 0.1) is 11.8 Å². The molecule has 0 heterocycles. The highest BCUT2D eigenvalue weighted by Gasteiger charge is 2.15. The highest BCUT2D eigenvalue weighted by atomic mass is 16.5. The zero-order chi connectivity index (χ0) is 20.8. The van der Waals surface area contributed by atoms with Crippen LogP contribution >= 0.6 is 0 Å². The van der Waals surface area contributed by atoms with Crippen molar-refractivity contribution < 1.29 is 19.1 Å². The van der Waals surface area contributed by atoms with Gasteiger partial charge in [-0.15, -0.1) is 0 Å². The molecule has 1 aromatic carbocycles. The van der Waals surface area contributed by atoms with Crippen LogP contribution in [-0.2, 0) is 9.47 Å². The fourth-order valence-corrected chi connectivity index (χ4v) is 3.09. The van der Waals surface area contributed by atoms with Crippen molar-refractivity contribution in [1.82, 2.24) is 0 Å². The Hall–Kier alpha value is -1.84. The normalized spacial score (nSPS) is 12.6. The number of carbonyl (C=O) groups excluding carboxylic acids is 2. The molecule has 0 aromatic heterocycles. The lowest BCUT2D eigenvalue weighted by Crippen LogP contribution is -2.15. The van der Waals surface area contributed by atoms with Crippen molar-refractivity contribution in [1.29, 1.82) is 0 Å². The van der Waals surface area contributed by atoms with Gasteiger partial charge in [-0.3, -0.25) is 0 Å². The standard InChI is InChI=1S/C24H38O4.CH4/c1-5-9-11-19(7-3)17-27-23(25)21-13-15-22(16-14-21)24(26)28-18-20(8-4)12-10-6-2;/h13-16,19-20H,5-12,17-18H2,1-4H3;1H4. The van der Waals surface area contributed by atoms with E-state index in [2.05, 4.69) is 27.7 Å². The van der Waals surface area contributed by atoms with Crippen molar-refractivity contribution in [2.45, 2.75) is 86.5 Å². The van der Waals surface area contributed by atoms with Gasteiger partial charge in [0.1, 0.15) is 0 Å². The van der Waals surface area contributed by atoms with E-state index in [4.69, 9.17) is 9.47 Å². The van der Waals surface area contributed by atoms with Crippen LogP contribution in [0.2, 0.25) is 0 Å². The molecule has 0 fully saturated rings. The largest absolute Gasteiger partial charge is 0.462 e. The Labute approximate surface area is 178 Å². The number of ether oxygens (including phenoxy) is 2. The summed E-state index contributed by atoms with van der Waals surface area (Å²) in [6, 6.07) is 6.56. The second-order valence-corrected chi connectivity index (χ2v) is 7.61. The van der Waals surface area contributed by atoms with Crippen molar-refractivity contribution in [3.05, 3.63) is 35.4 Å². The predicted molar refractivity (Wildman–Crippen MR) is 120 cm³/mol. The number of rotatable bonds is 14. The first-order valence-corrected chi connectivity index (χ1v) is 11.0. The summed E-state index contributed by atoms with van der Waals surface area (Å²) in [6.45, 7) is 9.49. The molecule has 4 heteroatoms. The van der Waals surface area contributed by atoms with Gasteiger partial charge >= 0.3 is 11.9 Å². The summed E-state index contributed by atoms with van der Waals surface area (Å²) in [5, 5.41) is 0. The second kappa shape index (κ2) is 16.0. The predicted octanol–water partition coefficient (Wildman–Crippen LogP) is 7.07. The van der Waals surface area contributed by atoms with E-state index < -0.39 is 0 Å². The maximum atomic E-state index is 12.2. The molecule has 0 aliphatic heterocycles. The van der Waals surface area contributed by atoms with Crippen molar-refractivity contribution in [2.24, 2.45) is 11.8 Å². The molecule has 0 amide bonds. The fraction of sp³-hybridized carbons (Fsp3) is 0.680. The Bertz CT molecular complexity index is 514. The minimum absolute atomic E-state index is 0.